The maximum absolute atomic E-state index is 12.3. The van der Waals surface area contributed by atoms with Crippen LogP contribution in [0.3, 0.4) is 0 Å². The third-order valence-electron chi connectivity index (χ3n) is 2.86. The first kappa shape index (κ1) is 16.5. The molecule has 1 fully saturated rings. The number of benzene rings is 1. The van der Waals surface area contributed by atoms with Crippen LogP contribution in [0.4, 0.5) is 0 Å². The van der Waals surface area contributed by atoms with E-state index >= 15 is 0 Å². The Morgan fingerprint density at radius 2 is 2.23 bits per heavy atom. The largest absolute Gasteiger partial charge is 0.497 e. The highest BCUT2D eigenvalue weighted by Crippen LogP contribution is 2.32. The Kier molecular flexibility index (Phi) is 5.57. The van der Waals surface area contributed by atoms with Crippen LogP contribution in [0.15, 0.2) is 29.2 Å². The van der Waals surface area contributed by atoms with Gasteiger partial charge in [0.05, 0.1) is 18.6 Å². The fraction of sp³-hybridized carbons (Fsp3) is 0.267. The maximum atomic E-state index is 12.3. The predicted molar refractivity (Wildman–Crippen MR) is 89.5 cm³/mol. The zero-order valence-electron chi connectivity index (χ0n) is 12.2. The van der Waals surface area contributed by atoms with Crippen LogP contribution in [-0.2, 0) is 14.3 Å². The van der Waals surface area contributed by atoms with Gasteiger partial charge in [-0.05, 0) is 30.7 Å². The van der Waals surface area contributed by atoms with Gasteiger partial charge in [0.2, 0.25) is 0 Å². The molecule has 1 aliphatic rings. The van der Waals surface area contributed by atoms with Crippen molar-refractivity contribution in [3.63, 3.8) is 0 Å². The van der Waals surface area contributed by atoms with Gasteiger partial charge in [0.25, 0.3) is 5.91 Å². The van der Waals surface area contributed by atoms with Gasteiger partial charge in [-0.15, -0.1) is 0 Å². The first-order valence-corrected chi connectivity index (χ1v) is 7.82. The number of thioether (sulfide) groups is 1. The molecule has 1 saturated heterocycles. The molecule has 0 saturated carbocycles. The van der Waals surface area contributed by atoms with E-state index in [9.17, 15) is 9.59 Å². The minimum atomic E-state index is -0.471. The molecule has 22 heavy (non-hydrogen) atoms. The predicted octanol–water partition coefficient (Wildman–Crippen LogP) is 2.46. The third-order valence-corrected chi connectivity index (χ3v) is 4.24. The molecule has 1 aliphatic heterocycles. The van der Waals surface area contributed by atoms with Gasteiger partial charge in [0.1, 0.15) is 16.6 Å². The number of nitrogens with zero attached hydrogens (tertiary/aromatic N) is 1. The van der Waals surface area contributed by atoms with E-state index in [0.717, 1.165) is 5.56 Å². The maximum Gasteiger partial charge on any atom is 0.326 e. The molecule has 2 rings (SSSR count). The van der Waals surface area contributed by atoms with E-state index in [2.05, 4.69) is 0 Å². The molecule has 0 N–H and O–H groups in total. The summed E-state index contributed by atoms with van der Waals surface area (Å²) in [5.41, 5.74) is 0.830. The Balaban J connectivity index is 2.16. The van der Waals surface area contributed by atoms with Crippen LogP contribution in [0, 0.1) is 0 Å². The Bertz CT molecular complexity index is 642. The van der Waals surface area contributed by atoms with Gasteiger partial charge in [0, 0.05) is 0 Å². The SMILES string of the molecule is CCOC(=O)CN1C(=O)C(=Cc2cccc(OC)c2)SC1=S. The lowest BCUT2D eigenvalue weighted by Gasteiger charge is -2.12. The van der Waals surface area contributed by atoms with Crippen LogP contribution in [-0.4, -0.2) is 41.4 Å². The number of methoxy groups -OCH3 is 1. The monoisotopic (exact) mass is 337 g/mol. The zero-order chi connectivity index (χ0) is 16.1. The second-order valence-electron chi connectivity index (χ2n) is 4.35. The van der Waals surface area contributed by atoms with Crippen molar-refractivity contribution >= 4 is 46.3 Å². The summed E-state index contributed by atoms with van der Waals surface area (Å²) in [4.78, 5) is 25.6. The van der Waals surface area contributed by atoms with E-state index < -0.39 is 5.97 Å². The lowest BCUT2D eigenvalue weighted by atomic mass is 10.2. The number of rotatable bonds is 5. The number of carbonyl (C=O) groups is 2. The molecule has 1 amide bonds. The molecule has 0 aliphatic carbocycles. The minimum Gasteiger partial charge on any atom is -0.497 e. The average Bonchev–Trinajstić information content (AvgIpc) is 2.75. The number of esters is 1. The number of ether oxygens (including phenoxy) is 2. The lowest BCUT2D eigenvalue weighted by Crippen LogP contribution is -2.34. The Morgan fingerprint density at radius 1 is 1.45 bits per heavy atom. The summed E-state index contributed by atoms with van der Waals surface area (Å²) in [6.07, 6.45) is 1.73. The zero-order valence-corrected chi connectivity index (χ0v) is 13.8. The van der Waals surface area contributed by atoms with Crippen molar-refractivity contribution in [1.29, 1.82) is 0 Å². The van der Waals surface area contributed by atoms with Gasteiger partial charge in [-0.25, -0.2) is 0 Å². The van der Waals surface area contributed by atoms with Crippen LogP contribution in [0.1, 0.15) is 12.5 Å². The highest BCUT2D eigenvalue weighted by atomic mass is 32.2. The number of hydrogen-bond acceptors (Lipinski definition) is 6. The van der Waals surface area contributed by atoms with Gasteiger partial charge in [-0.3, -0.25) is 14.5 Å². The van der Waals surface area contributed by atoms with Gasteiger partial charge < -0.3 is 9.47 Å². The van der Waals surface area contributed by atoms with Crippen LogP contribution in [0.2, 0.25) is 0 Å². The molecule has 0 aromatic heterocycles. The molecule has 7 heteroatoms. The quantitative estimate of drug-likeness (QED) is 0.467. The average molecular weight is 337 g/mol. The molecule has 0 bridgehead atoms. The van der Waals surface area contributed by atoms with Crippen molar-refractivity contribution in [2.75, 3.05) is 20.3 Å². The van der Waals surface area contributed by atoms with E-state index in [0.29, 0.717) is 15.0 Å². The topological polar surface area (TPSA) is 55.8 Å². The first-order chi connectivity index (χ1) is 10.5. The molecule has 1 heterocycles. The highest BCUT2D eigenvalue weighted by molar-refractivity contribution is 8.26. The van der Waals surface area contributed by atoms with Crippen LogP contribution in [0.25, 0.3) is 6.08 Å². The Hall–Kier alpha value is -1.86. The first-order valence-electron chi connectivity index (χ1n) is 6.60. The summed E-state index contributed by atoms with van der Waals surface area (Å²) in [6.45, 7) is 1.83. The summed E-state index contributed by atoms with van der Waals surface area (Å²) >= 11 is 6.33. The molecule has 116 valence electrons. The molecule has 0 atom stereocenters. The van der Waals surface area contributed by atoms with Crippen molar-refractivity contribution in [3.8, 4) is 5.75 Å². The Labute approximate surface area is 138 Å². The van der Waals surface area contributed by atoms with Crippen molar-refractivity contribution in [2.24, 2.45) is 0 Å². The molecular formula is C15H15NO4S2. The number of carbonyl (C=O) groups excluding carboxylic acids is 2. The fourth-order valence-electron chi connectivity index (χ4n) is 1.85. The fourth-order valence-corrected chi connectivity index (χ4v) is 3.11. The normalized spacial score (nSPS) is 16.3. The van der Waals surface area contributed by atoms with E-state index in [1.54, 1.807) is 20.1 Å². The highest BCUT2D eigenvalue weighted by Gasteiger charge is 2.33. The van der Waals surface area contributed by atoms with Gasteiger partial charge in [-0.2, -0.15) is 0 Å². The van der Waals surface area contributed by atoms with Crippen molar-refractivity contribution in [2.45, 2.75) is 6.92 Å². The Morgan fingerprint density at radius 3 is 2.91 bits per heavy atom. The minimum absolute atomic E-state index is 0.159. The molecule has 5 nitrogen and oxygen atoms in total. The van der Waals surface area contributed by atoms with Crippen LogP contribution in [0.5, 0.6) is 5.75 Å². The lowest BCUT2D eigenvalue weighted by molar-refractivity contribution is -0.145. The van der Waals surface area contributed by atoms with E-state index in [4.69, 9.17) is 21.7 Å². The second kappa shape index (κ2) is 7.42. The summed E-state index contributed by atoms with van der Waals surface area (Å²) in [5, 5.41) is 0. The van der Waals surface area contributed by atoms with Crippen molar-refractivity contribution in [1.82, 2.24) is 4.90 Å². The molecule has 1 aromatic rings. The molecule has 1 aromatic carbocycles. The molecule has 0 spiro atoms. The summed E-state index contributed by atoms with van der Waals surface area (Å²) in [6, 6.07) is 7.34. The number of thiocarbonyl (C=S) groups is 1. The van der Waals surface area contributed by atoms with E-state index in [1.165, 1.54) is 16.7 Å². The van der Waals surface area contributed by atoms with Gasteiger partial charge in [-0.1, -0.05) is 36.1 Å². The van der Waals surface area contributed by atoms with E-state index in [1.807, 2.05) is 24.3 Å². The molecule has 0 unspecified atom stereocenters. The summed E-state index contributed by atoms with van der Waals surface area (Å²) in [7, 11) is 1.58. The van der Waals surface area contributed by atoms with Gasteiger partial charge >= 0.3 is 5.97 Å². The second-order valence-corrected chi connectivity index (χ2v) is 6.03. The standard InChI is InChI=1S/C15H15NO4S2/c1-3-20-13(17)9-16-14(18)12(22-15(16)21)8-10-5-4-6-11(7-10)19-2/h4-8H,3,9H2,1-2H3. The smallest absolute Gasteiger partial charge is 0.326 e. The number of hydrogen-bond donors (Lipinski definition) is 0. The van der Waals surface area contributed by atoms with E-state index in [-0.39, 0.29) is 19.1 Å². The third kappa shape index (κ3) is 3.86. The van der Waals surface area contributed by atoms with Crippen molar-refractivity contribution < 1.29 is 19.1 Å². The van der Waals surface area contributed by atoms with Crippen LogP contribution >= 0.6 is 24.0 Å². The van der Waals surface area contributed by atoms with Crippen LogP contribution < -0.4 is 4.74 Å². The van der Waals surface area contributed by atoms with Gasteiger partial charge in [0.15, 0.2) is 0 Å². The molecular weight excluding hydrogens is 322 g/mol. The number of amides is 1. The summed E-state index contributed by atoms with van der Waals surface area (Å²) in [5.74, 6) is -0.0527. The molecule has 0 radical (unpaired) electrons. The summed E-state index contributed by atoms with van der Waals surface area (Å²) < 4.78 is 10.4. The van der Waals surface area contributed by atoms with Crippen molar-refractivity contribution in [3.05, 3.63) is 34.7 Å².